The molecule has 2 aromatic carbocycles. The molecule has 0 saturated heterocycles. The summed E-state index contributed by atoms with van der Waals surface area (Å²) in [4.78, 5) is -0.491. The Labute approximate surface area is 140 Å². The lowest BCUT2D eigenvalue weighted by molar-refractivity contribution is -0.137. The molecule has 0 saturated carbocycles. The molecule has 0 radical (unpaired) electrons. The van der Waals surface area contributed by atoms with E-state index in [9.17, 15) is 26.0 Å². The Morgan fingerprint density at radius 1 is 1.12 bits per heavy atom. The fourth-order valence-corrected chi connectivity index (χ4v) is 3.10. The van der Waals surface area contributed by atoms with Crippen LogP contribution >= 0.6 is 11.6 Å². The van der Waals surface area contributed by atoms with Gasteiger partial charge in [0.1, 0.15) is 0 Å². The predicted molar refractivity (Wildman–Crippen MR) is 80.2 cm³/mol. The van der Waals surface area contributed by atoms with Crippen LogP contribution in [0.2, 0.25) is 5.02 Å². The average molecular weight is 384 g/mol. The van der Waals surface area contributed by atoms with Crippen LogP contribution in [0.25, 0.3) is 0 Å². The van der Waals surface area contributed by atoms with E-state index < -0.39 is 38.2 Å². The molecule has 0 aliphatic heterocycles. The van der Waals surface area contributed by atoms with E-state index in [-0.39, 0.29) is 10.8 Å². The number of alkyl halides is 3. The lowest BCUT2D eigenvalue weighted by Crippen LogP contribution is -2.15. The maximum Gasteiger partial charge on any atom is 0.416 e. The summed E-state index contributed by atoms with van der Waals surface area (Å²) in [6.45, 7) is 0. The number of nitrogens with one attached hydrogen (secondary N) is 1. The normalized spacial score (nSPS) is 12.1. The number of hydrogen-bond acceptors (Lipinski definition) is 3. The van der Waals surface area contributed by atoms with Gasteiger partial charge in [0.25, 0.3) is 10.0 Å². The van der Waals surface area contributed by atoms with Crippen LogP contribution < -0.4 is 9.46 Å². The van der Waals surface area contributed by atoms with Gasteiger partial charge in [0.15, 0.2) is 11.6 Å². The van der Waals surface area contributed by atoms with Gasteiger partial charge in [-0.15, -0.1) is 0 Å². The summed E-state index contributed by atoms with van der Waals surface area (Å²) in [5.41, 5.74) is -1.55. The van der Waals surface area contributed by atoms with Gasteiger partial charge in [-0.1, -0.05) is 11.6 Å². The first-order valence-electron chi connectivity index (χ1n) is 6.27. The molecule has 24 heavy (non-hydrogen) atoms. The summed E-state index contributed by atoms with van der Waals surface area (Å²) in [6.07, 6.45) is -4.67. The molecule has 1 N–H and O–H groups in total. The molecular weight excluding hydrogens is 374 g/mol. The lowest BCUT2D eigenvalue weighted by atomic mass is 10.2. The van der Waals surface area contributed by atoms with E-state index >= 15 is 0 Å². The van der Waals surface area contributed by atoms with Crippen LogP contribution in [0.15, 0.2) is 41.3 Å². The molecule has 0 amide bonds. The first kappa shape index (κ1) is 18.3. The second-order valence-corrected chi connectivity index (χ2v) is 6.68. The highest BCUT2D eigenvalue weighted by molar-refractivity contribution is 7.92. The lowest BCUT2D eigenvalue weighted by Gasteiger charge is -2.13. The van der Waals surface area contributed by atoms with E-state index in [1.807, 2.05) is 4.72 Å². The van der Waals surface area contributed by atoms with Gasteiger partial charge in [0, 0.05) is 0 Å². The van der Waals surface area contributed by atoms with Gasteiger partial charge in [0.2, 0.25) is 0 Å². The maximum atomic E-state index is 13.6. The minimum Gasteiger partial charge on any atom is -0.494 e. The van der Waals surface area contributed by atoms with Gasteiger partial charge in [0.05, 0.1) is 28.3 Å². The monoisotopic (exact) mass is 383 g/mol. The van der Waals surface area contributed by atoms with E-state index in [4.69, 9.17) is 11.6 Å². The minimum atomic E-state index is -4.67. The molecule has 10 heteroatoms. The van der Waals surface area contributed by atoms with Gasteiger partial charge in [-0.05, 0) is 36.4 Å². The van der Waals surface area contributed by atoms with Crippen LogP contribution in [0.1, 0.15) is 5.56 Å². The Hall–Kier alpha value is -2.00. The Balaban J connectivity index is 2.41. The third-order valence-corrected chi connectivity index (χ3v) is 4.66. The van der Waals surface area contributed by atoms with Crippen molar-refractivity contribution in [2.45, 2.75) is 11.1 Å². The van der Waals surface area contributed by atoms with Gasteiger partial charge in [-0.3, -0.25) is 4.72 Å². The molecule has 0 fully saturated rings. The zero-order valence-electron chi connectivity index (χ0n) is 12.0. The molecule has 0 spiro atoms. The number of ether oxygens (including phenoxy) is 1. The molecule has 4 nitrogen and oxygen atoms in total. The SMILES string of the molecule is COc1ccc(S(=O)(=O)Nc2cc(C(F)(F)F)ccc2Cl)cc1F. The summed E-state index contributed by atoms with van der Waals surface area (Å²) >= 11 is 5.73. The van der Waals surface area contributed by atoms with Crippen molar-refractivity contribution in [3.8, 4) is 5.75 Å². The third-order valence-electron chi connectivity index (χ3n) is 2.97. The summed E-state index contributed by atoms with van der Waals surface area (Å²) in [7, 11) is -3.14. The van der Waals surface area contributed by atoms with Crippen LogP contribution in [-0.4, -0.2) is 15.5 Å². The minimum absolute atomic E-state index is 0.175. The summed E-state index contributed by atoms with van der Waals surface area (Å²) < 4.78 is 82.7. The van der Waals surface area contributed by atoms with Crippen molar-refractivity contribution in [1.82, 2.24) is 0 Å². The van der Waals surface area contributed by atoms with E-state index in [1.165, 1.54) is 7.11 Å². The molecule has 130 valence electrons. The number of sulfonamides is 1. The molecule has 0 aliphatic rings. The highest BCUT2D eigenvalue weighted by Crippen LogP contribution is 2.34. The van der Waals surface area contributed by atoms with Crippen molar-refractivity contribution in [2.75, 3.05) is 11.8 Å². The van der Waals surface area contributed by atoms with Gasteiger partial charge in [-0.2, -0.15) is 13.2 Å². The Bertz CT molecular complexity index is 869. The quantitative estimate of drug-likeness (QED) is 0.800. The molecular formula is C14H10ClF4NO3S. The highest BCUT2D eigenvalue weighted by atomic mass is 35.5. The number of halogens is 5. The van der Waals surface area contributed by atoms with Crippen LogP contribution in [0.5, 0.6) is 5.75 Å². The van der Waals surface area contributed by atoms with E-state index in [2.05, 4.69) is 4.74 Å². The van der Waals surface area contributed by atoms with Gasteiger partial charge >= 0.3 is 6.18 Å². The molecule has 0 heterocycles. The Morgan fingerprint density at radius 2 is 1.79 bits per heavy atom. The third kappa shape index (κ3) is 3.90. The number of methoxy groups -OCH3 is 1. The summed E-state index contributed by atoms with van der Waals surface area (Å²) in [6, 6.07) is 5.00. The van der Waals surface area contributed by atoms with Crippen LogP contribution in [-0.2, 0) is 16.2 Å². The largest absolute Gasteiger partial charge is 0.494 e. The highest BCUT2D eigenvalue weighted by Gasteiger charge is 2.31. The fraction of sp³-hybridized carbons (Fsp3) is 0.143. The smallest absolute Gasteiger partial charge is 0.416 e. The number of hydrogen-bond donors (Lipinski definition) is 1. The molecule has 2 aromatic rings. The van der Waals surface area contributed by atoms with Crippen molar-refractivity contribution in [3.05, 3.63) is 52.8 Å². The summed E-state index contributed by atoms with van der Waals surface area (Å²) in [5.74, 6) is -1.11. The molecule has 0 aliphatic carbocycles. The van der Waals surface area contributed by atoms with Gasteiger partial charge in [-0.25, -0.2) is 12.8 Å². The topological polar surface area (TPSA) is 55.4 Å². The predicted octanol–water partition coefficient (Wildman–Crippen LogP) is 4.31. The zero-order valence-corrected chi connectivity index (χ0v) is 13.6. The van der Waals surface area contributed by atoms with Crippen molar-refractivity contribution in [2.24, 2.45) is 0 Å². The number of benzene rings is 2. The van der Waals surface area contributed by atoms with Crippen molar-refractivity contribution < 1.29 is 30.7 Å². The van der Waals surface area contributed by atoms with Crippen LogP contribution in [0.4, 0.5) is 23.2 Å². The number of anilines is 1. The molecule has 0 unspecified atom stereocenters. The Kier molecular flexibility index (Phi) is 4.95. The van der Waals surface area contributed by atoms with Crippen molar-refractivity contribution in [3.63, 3.8) is 0 Å². The molecule has 0 bridgehead atoms. The van der Waals surface area contributed by atoms with Crippen molar-refractivity contribution in [1.29, 1.82) is 0 Å². The fourth-order valence-electron chi connectivity index (χ4n) is 1.80. The van der Waals surface area contributed by atoms with Crippen LogP contribution in [0.3, 0.4) is 0 Å². The van der Waals surface area contributed by atoms with Gasteiger partial charge < -0.3 is 4.74 Å². The maximum absolute atomic E-state index is 13.6. The summed E-state index contributed by atoms with van der Waals surface area (Å²) in [5, 5.41) is -0.236. The second kappa shape index (κ2) is 6.48. The standard InChI is InChI=1S/C14H10ClF4NO3S/c1-23-13-5-3-9(7-11(13)16)24(21,22)20-12-6-8(14(17,18)19)2-4-10(12)15/h2-7,20H,1H3. The van der Waals surface area contributed by atoms with E-state index in [1.54, 1.807) is 0 Å². The second-order valence-electron chi connectivity index (χ2n) is 4.59. The van der Waals surface area contributed by atoms with E-state index in [0.717, 1.165) is 18.2 Å². The Morgan fingerprint density at radius 3 is 2.33 bits per heavy atom. The zero-order chi connectivity index (χ0) is 18.1. The number of rotatable bonds is 4. The molecule has 0 aromatic heterocycles. The average Bonchev–Trinajstić information content (AvgIpc) is 2.48. The van der Waals surface area contributed by atoms with Crippen molar-refractivity contribution >= 4 is 27.3 Å². The molecule has 2 rings (SSSR count). The first-order valence-corrected chi connectivity index (χ1v) is 8.14. The van der Waals surface area contributed by atoms with E-state index in [0.29, 0.717) is 18.2 Å². The van der Waals surface area contributed by atoms with Crippen LogP contribution in [0, 0.1) is 5.82 Å². The molecule has 0 atom stereocenters. The first-order chi connectivity index (χ1) is 11.0.